The molecule has 4 nitrogen and oxygen atoms in total. The SMILES string of the molecule is CCCNc1ncc(Br)c(NCC2CCC(CC)CC2)n1. The second kappa shape index (κ2) is 8.57. The smallest absolute Gasteiger partial charge is 0.224 e. The molecule has 1 heterocycles. The van der Waals surface area contributed by atoms with E-state index in [0.717, 1.165) is 41.6 Å². The average molecular weight is 355 g/mol. The van der Waals surface area contributed by atoms with Crippen LogP contribution in [0.25, 0.3) is 0 Å². The Balaban J connectivity index is 1.84. The lowest BCUT2D eigenvalue weighted by molar-refractivity contribution is 0.278. The molecule has 0 spiro atoms. The van der Waals surface area contributed by atoms with E-state index in [0.29, 0.717) is 5.95 Å². The van der Waals surface area contributed by atoms with Crippen LogP contribution in [0.2, 0.25) is 0 Å². The zero-order valence-corrected chi connectivity index (χ0v) is 14.7. The lowest BCUT2D eigenvalue weighted by Gasteiger charge is -2.28. The van der Waals surface area contributed by atoms with E-state index >= 15 is 0 Å². The van der Waals surface area contributed by atoms with Gasteiger partial charge in [-0.3, -0.25) is 0 Å². The molecule has 0 amide bonds. The van der Waals surface area contributed by atoms with Gasteiger partial charge in [-0.25, -0.2) is 4.98 Å². The number of nitrogens with one attached hydrogen (secondary N) is 2. The van der Waals surface area contributed by atoms with E-state index in [9.17, 15) is 0 Å². The summed E-state index contributed by atoms with van der Waals surface area (Å²) in [5.41, 5.74) is 0. The highest BCUT2D eigenvalue weighted by atomic mass is 79.9. The highest BCUT2D eigenvalue weighted by Crippen LogP contribution is 2.31. The Morgan fingerprint density at radius 1 is 1.14 bits per heavy atom. The first-order valence-corrected chi connectivity index (χ1v) is 9.02. The van der Waals surface area contributed by atoms with Crippen molar-refractivity contribution < 1.29 is 0 Å². The molecule has 0 unspecified atom stereocenters. The van der Waals surface area contributed by atoms with Gasteiger partial charge in [0.15, 0.2) is 0 Å². The topological polar surface area (TPSA) is 49.8 Å². The van der Waals surface area contributed by atoms with E-state index in [2.05, 4.69) is 50.4 Å². The minimum Gasteiger partial charge on any atom is -0.369 e. The molecule has 1 aliphatic rings. The molecule has 1 saturated carbocycles. The summed E-state index contributed by atoms with van der Waals surface area (Å²) in [4.78, 5) is 8.83. The van der Waals surface area contributed by atoms with Crippen LogP contribution >= 0.6 is 15.9 Å². The summed E-state index contributed by atoms with van der Waals surface area (Å²) in [6.07, 6.45) is 9.69. The van der Waals surface area contributed by atoms with Crippen molar-refractivity contribution in [3.8, 4) is 0 Å². The maximum absolute atomic E-state index is 4.55. The van der Waals surface area contributed by atoms with Crippen LogP contribution in [0.4, 0.5) is 11.8 Å². The third-order valence-corrected chi connectivity index (χ3v) is 4.96. The molecular weight excluding hydrogens is 328 g/mol. The van der Waals surface area contributed by atoms with Crippen molar-refractivity contribution in [3.05, 3.63) is 10.7 Å². The highest BCUT2D eigenvalue weighted by molar-refractivity contribution is 9.10. The molecule has 0 atom stereocenters. The van der Waals surface area contributed by atoms with Gasteiger partial charge in [-0.15, -0.1) is 0 Å². The second-order valence-corrected chi connectivity index (χ2v) is 6.85. The van der Waals surface area contributed by atoms with Gasteiger partial charge in [0.1, 0.15) is 5.82 Å². The van der Waals surface area contributed by atoms with Crippen molar-refractivity contribution in [1.82, 2.24) is 9.97 Å². The molecule has 0 aliphatic heterocycles. The lowest BCUT2D eigenvalue weighted by atomic mass is 9.81. The minimum atomic E-state index is 0.706. The first kappa shape index (κ1) is 16.5. The summed E-state index contributed by atoms with van der Waals surface area (Å²) in [5.74, 6) is 3.34. The Morgan fingerprint density at radius 2 is 1.86 bits per heavy atom. The van der Waals surface area contributed by atoms with Crippen LogP contribution in [0.3, 0.4) is 0 Å². The standard InChI is InChI=1S/C16H27BrN4/c1-3-9-18-16-20-11-14(17)15(21-16)19-10-13-7-5-12(4-2)6-8-13/h11-13H,3-10H2,1-2H3,(H2,18,19,20,21). The molecule has 5 heteroatoms. The summed E-state index contributed by atoms with van der Waals surface area (Å²) in [6, 6.07) is 0. The van der Waals surface area contributed by atoms with Crippen LogP contribution in [0, 0.1) is 11.8 Å². The first-order valence-electron chi connectivity index (χ1n) is 8.23. The Labute approximate surface area is 136 Å². The van der Waals surface area contributed by atoms with Gasteiger partial charge in [0, 0.05) is 19.3 Å². The number of hydrogen-bond acceptors (Lipinski definition) is 4. The number of rotatable bonds is 7. The predicted molar refractivity (Wildman–Crippen MR) is 92.7 cm³/mol. The minimum absolute atomic E-state index is 0.706. The Morgan fingerprint density at radius 3 is 2.52 bits per heavy atom. The van der Waals surface area contributed by atoms with Crippen LogP contribution in [-0.4, -0.2) is 23.1 Å². The predicted octanol–water partition coefficient (Wildman–Crippen LogP) is 4.69. The normalized spacial score (nSPS) is 22.0. The fourth-order valence-corrected chi connectivity index (χ4v) is 3.23. The van der Waals surface area contributed by atoms with Crippen molar-refractivity contribution in [2.24, 2.45) is 11.8 Å². The molecule has 1 aliphatic carbocycles. The maximum Gasteiger partial charge on any atom is 0.224 e. The fourth-order valence-electron chi connectivity index (χ4n) is 2.90. The number of anilines is 2. The summed E-state index contributed by atoms with van der Waals surface area (Å²) in [6.45, 7) is 6.37. The summed E-state index contributed by atoms with van der Waals surface area (Å²) < 4.78 is 0.937. The van der Waals surface area contributed by atoms with Crippen LogP contribution in [0.5, 0.6) is 0 Å². The van der Waals surface area contributed by atoms with E-state index in [-0.39, 0.29) is 0 Å². The Hall–Kier alpha value is -0.840. The molecule has 0 aromatic carbocycles. The van der Waals surface area contributed by atoms with E-state index < -0.39 is 0 Å². The van der Waals surface area contributed by atoms with Gasteiger partial charge in [0.2, 0.25) is 5.95 Å². The number of aromatic nitrogens is 2. The van der Waals surface area contributed by atoms with Gasteiger partial charge < -0.3 is 10.6 Å². The molecule has 1 aromatic rings. The molecule has 0 radical (unpaired) electrons. The quantitative estimate of drug-likeness (QED) is 0.745. The first-order chi connectivity index (χ1) is 10.2. The van der Waals surface area contributed by atoms with Crippen LogP contribution < -0.4 is 10.6 Å². The van der Waals surface area contributed by atoms with Crippen molar-refractivity contribution in [2.45, 2.75) is 52.4 Å². The molecule has 118 valence electrons. The van der Waals surface area contributed by atoms with E-state index in [1.807, 2.05) is 6.20 Å². The lowest BCUT2D eigenvalue weighted by Crippen LogP contribution is -2.21. The van der Waals surface area contributed by atoms with E-state index in [1.54, 1.807) is 0 Å². The molecule has 0 bridgehead atoms. The number of hydrogen-bond donors (Lipinski definition) is 2. The van der Waals surface area contributed by atoms with Crippen LogP contribution in [-0.2, 0) is 0 Å². The molecular formula is C16H27BrN4. The fraction of sp³-hybridized carbons (Fsp3) is 0.750. The molecule has 2 N–H and O–H groups in total. The Kier molecular flexibility index (Phi) is 6.74. The van der Waals surface area contributed by atoms with Crippen molar-refractivity contribution >= 4 is 27.7 Å². The number of nitrogens with zero attached hydrogens (tertiary/aromatic N) is 2. The molecule has 21 heavy (non-hydrogen) atoms. The van der Waals surface area contributed by atoms with Gasteiger partial charge in [-0.2, -0.15) is 4.98 Å². The van der Waals surface area contributed by atoms with Gasteiger partial charge in [0.25, 0.3) is 0 Å². The molecule has 1 fully saturated rings. The van der Waals surface area contributed by atoms with Crippen molar-refractivity contribution in [1.29, 1.82) is 0 Å². The second-order valence-electron chi connectivity index (χ2n) is 5.99. The largest absolute Gasteiger partial charge is 0.369 e. The van der Waals surface area contributed by atoms with Gasteiger partial charge in [0.05, 0.1) is 4.47 Å². The van der Waals surface area contributed by atoms with E-state index in [4.69, 9.17) is 0 Å². The van der Waals surface area contributed by atoms with Crippen molar-refractivity contribution in [2.75, 3.05) is 23.7 Å². The van der Waals surface area contributed by atoms with Gasteiger partial charge >= 0.3 is 0 Å². The van der Waals surface area contributed by atoms with Crippen LogP contribution in [0.15, 0.2) is 10.7 Å². The summed E-state index contributed by atoms with van der Waals surface area (Å²) in [5, 5.41) is 6.72. The average Bonchev–Trinajstić information content (AvgIpc) is 2.53. The monoisotopic (exact) mass is 354 g/mol. The third kappa shape index (κ3) is 5.13. The molecule has 2 rings (SSSR count). The Bertz CT molecular complexity index is 430. The molecule has 0 saturated heterocycles. The summed E-state index contributed by atoms with van der Waals surface area (Å²) >= 11 is 3.53. The highest BCUT2D eigenvalue weighted by Gasteiger charge is 2.20. The van der Waals surface area contributed by atoms with Gasteiger partial charge in [-0.05, 0) is 47.0 Å². The van der Waals surface area contributed by atoms with Gasteiger partial charge in [-0.1, -0.05) is 33.1 Å². The van der Waals surface area contributed by atoms with E-state index in [1.165, 1.54) is 32.1 Å². The maximum atomic E-state index is 4.55. The zero-order valence-electron chi connectivity index (χ0n) is 13.2. The summed E-state index contributed by atoms with van der Waals surface area (Å²) in [7, 11) is 0. The third-order valence-electron chi connectivity index (χ3n) is 4.38. The van der Waals surface area contributed by atoms with Crippen LogP contribution in [0.1, 0.15) is 52.4 Å². The molecule has 1 aromatic heterocycles. The van der Waals surface area contributed by atoms with Crippen molar-refractivity contribution in [3.63, 3.8) is 0 Å². The zero-order chi connectivity index (χ0) is 15.1. The number of halogens is 1.